The number of aromatic carboxylic acids is 1. The van der Waals surface area contributed by atoms with Crippen LogP contribution in [0.15, 0.2) is 65.6 Å². The minimum Gasteiger partial charge on any atom is -0.477 e. The van der Waals surface area contributed by atoms with E-state index in [4.69, 9.17) is 0 Å². The van der Waals surface area contributed by atoms with Crippen molar-refractivity contribution in [2.24, 2.45) is 5.92 Å². The Balaban J connectivity index is 1.56. The van der Waals surface area contributed by atoms with Crippen LogP contribution in [-0.2, 0) is 14.8 Å². The molecule has 1 aromatic heterocycles. The quantitative estimate of drug-likeness (QED) is 0.460. The van der Waals surface area contributed by atoms with Gasteiger partial charge in [-0.15, -0.1) is 11.3 Å². The molecule has 0 radical (unpaired) electrons. The highest BCUT2D eigenvalue weighted by Crippen LogP contribution is 2.42. The molecular formula is C27H27FN2O5S2. The molecule has 2 aliphatic rings. The maximum Gasteiger partial charge on any atom is 0.348 e. The molecule has 194 valence electrons. The van der Waals surface area contributed by atoms with Gasteiger partial charge in [0.1, 0.15) is 10.7 Å². The van der Waals surface area contributed by atoms with E-state index >= 15 is 0 Å². The van der Waals surface area contributed by atoms with E-state index in [1.807, 2.05) is 30.3 Å². The molecule has 1 unspecified atom stereocenters. The summed E-state index contributed by atoms with van der Waals surface area (Å²) in [5, 5.41) is 10.0. The second kappa shape index (κ2) is 10.4. The lowest BCUT2D eigenvalue weighted by molar-refractivity contribution is -0.121. The van der Waals surface area contributed by atoms with Crippen molar-refractivity contribution in [2.45, 2.75) is 43.0 Å². The largest absolute Gasteiger partial charge is 0.477 e. The van der Waals surface area contributed by atoms with Gasteiger partial charge in [0.2, 0.25) is 15.9 Å². The van der Waals surface area contributed by atoms with E-state index in [1.165, 1.54) is 12.1 Å². The molecule has 2 aromatic carbocycles. The van der Waals surface area contributed by atoms with Gasteiger partial charge >= 0.3 is 5.97 Å². The van der Waals surface area contributed by atoms with Gasteiger partial charge in [0.15, 0.2) is 0 Å². The average Bonchev–Trinajstić information content (AvgIpc) is 3.35. The van der Waals surface area contributed by atoms with Crippen molar-refractivity contribution in [1.29, 1.82) is 0 Å². The summed E-state index contributed by atoms with van der Waals surface area (Å²) < 4.78 is 41.4. The van der Waals surface area contributed by atoms with E-state index in [0.717, 1.165) is 70.3 Å². The van der Waals surface area contributed by atoms with Gasteiger partial charge < -0.3 is 10.0 Å². The van der Waals surface area contributed by atoms with Crippen LogP contribution in [0.4, 0.5) is 10.1 Å². The van der Waals surface area contributed by atoms with Crippen LogP contribution in [0.5, 0.6) is 0 Å². The van der Waals surface area contributed by atoms with E-state index in [2.05, 4.69) is 0 Å². The lowest BCUT2D eigenvalue weighted by Crippen LogP contribution is -2.60. The summed E-state index contributed by atoms with van der Waals surface area (Å²) >= 11 is 1.11. The zero-order valence-electron chi connectivity index (χ0n) is 20.0. The van der Waals surface area contributed by atoms with Gasteiger partial charge in [-0.05, 0) is 54.7 Å². The highest BCUT2D eigenvalue weighted by molar-refractivity contribution is 7.89. The number of carboxylic acid groups (broad SMARTS) is 1. The van der Waals surface area contributed by atoms with E-state index in [1.54, 1.807) is 11.0 Å². The number of rotatable bonds is 6. The van der Waals surface area contributed by atoms with Crippen LogP contribution < -0.4 is 4.90 Å². The maximum atomic E-state index is 13.7. The molecular weight excluding hydrogens is 515 g/mol. The number of carbonyl (C=O) groups excluding carboxylic acids is 1. The molecule has 1 saturated carbocycles. The third kappa shape index (κ3) is 5.05. The van der Waals surface area contributed by atoms with Crippen LogP contribution in [-0.4, -0.2) is 48.8 Å². The number of piperazine rings is 1. The molecule has 1 aliphatic heterocycles. The number of anilines is 1. The molecule has 1 saturated heterocycles. The van der Waals surface area contributed by atoms with Gasteiger partial charge in [-0.1, -0.05) is 49.6 Å². The first-order valence-corrected chi connectivity index (χ1v) is 14.5. The fourth-order valence-corrected chi connectivity index (χ4v) is 7.76. The Morgan fingerprint density at radius 1 is 1.00 bits per heavy atom. The Morgan fingerprint density at radius 3 is 2.32 bits per heavy atom. The smallest absolute Gasteiger partial charge is 0.348 e. The van der Waals surface area contributed by atoms with Gasteiger partial charge in [-0.25, -0.2) is 17.6 Å². The molecule has 3 aromatic rings. The molecule has 1 aliphatic carbocycles. The number of thiophene rings is 1. The van der Waals surface area contributed by atoms with Crippen molar-refractivity contribution < 1.29 is 27.5 Å². The lowest BCUT2D eigenvalue weighted by atomic mass is 9.82. The first-order chi connectivity index (χ1) is 17.8. The van der Waals surface area contributed by atoms with Crippen molar-refractivity contribution in [3.05, 3.63) is 71.4 Å². The van der Waals surface area contributed by atoms with Crippen LogP contribution in [0.25, 0.3) is 10.4 Å². The molecule has 0 bridgehead atoms. The topological polar surface area (TPSA) is 95.0 Å². The summed E-state index contributed by atoms with van der Waals surface area (Å²) in [6.07, 6.45) is 4.68. The minimum absolute atomic E-state index is 0.0330. The molecule has 1 N–H and O–H groups in total. The van der Waals surface area contributed by atoms with Gasteiger partial charge in [0.05, 0.1) is 23.2 Å². The Bertz CT molecular complexity index is 1400. The fourth-order valence-electron chi connectivity index (χ4n) is 5.36. The number of amides is 1. The van der Waals surface area contributed by atoms with Gasteiger partial charge in [-0.2, -0.15) is 4.31 Å². The highest BCUT2D eigenvalue weighted by Gasteiger charge is 2.44. The summed E-state index contributed by atoms with van der Waals surface area (Å²) in [4.78, 5) is 28.2. The standard InChI is InChI=1S/C27H27FN2O5S2/c28-20-11-13-21(14-12-20)37(34,35)29-16-23(18-7-3-1-4-8-18)30(25(31)17-29)22-15-24(36-26(22)27(32)33)19-9-5-2-6-10-19/h2,5-6,9-15,18,23H,1,3-4,7-8,16-17H2,(H,32,33). The second-order valence-electron chi connectivity index (χ2n) is 9.48. The summed E-state index contributed by atoms with van der Waals surface area (Å²) in [6, 6.07) is 15.2. The van der Waals surface area contributed by atoms with Gasteiger partial charge in [0, 0.05) is 11.4 Å². The SMILES string of the molecule is O=C(O)c1sc(-c2ccccc2)cc1N1C(=O)CN(S(=O)(=O)c2ccc(F)cc2)CC1C1CCCCC1. The number of hydrogen-bond donors (Lipinski definition) is 1. The summed E-state index contributed by atoms with van der Waals surface area (Å²) in [6.45, 7) is -0.371. The molecule has 5 rings (SSSR count). The lowest BCUT2D eigenvalue weighted by Gasteiger charge is -2.44. The molecule has 2 heterocycles. The third-order valence-electron chi connectivity index (χ3n) is 7.17. The van der Waals surface area contributed by atoms with Crippen molar-refractivity contribution in [1.82, 2.24) is 4.31 Å². The first kappa shape index (κ1) is 25.6. The Hall–Kier alpha value is -3.08. The van der Waals surface area contributed by atoms with Crippen LogP contribution in [0.1, 0.15) is 41.8 Å². The Kier molecular flexibility index (Phi) is 7.15. The third-order valence-corrected chi connectivity index (χ3v) is 10.2. The summed E-state index contributed by atoms with van der Waals surface area (Å²) in [5.74, 6) is -2.11. The van der Waals surface area contributed by atoms with Crippen LogP contribution in [0.2, 0.25) is 0 Å². The monoisotopic (exact) mass is 542 g/mol. The number of nitrogens with zero attached hydrogens (tertiary/aromatic N) is 2. The number of halogens is 1. The Morgan fingerprint density at radius 2 is 1.68 bits per heavy atom. The van der Waals surface area contributed by atoms with E-state index in [9.17, 15) is 27.5 Å². The molecule has 37 heavy (non-hydrogen) atoms. The van der Waals surface area contributed by atoms with Crippen LogP contribution in [0, 0.1) is 11.7 Å². The zero-order chi connectivity index (χ0) is 26.2. The highest BCUT2D eigenvalue weighted by atomic mass is 32.2. The van der Waals surface area contributed by atoms with Crippen LogP contribution >= 0.6 is 11.3 Å². The number of benzene rings is 2. The zero-order valence-corrected chi connectivity index (χ0v) is 21.7. The minimum atomic E-state index is -4.05. The molecule has 10 heteroatoms. The number of sulfonamides is 1. The number of hydrogen-bond acceptors (Lipinski definition) is 5. The fraction of sp³-hybridized carbons (Fsp3) is 0.333. The molecule has 1 atom stereocenters. The van der Waals surface area contributed by atoms with Crippen molar-refractivity contribution in [3.63, 3.8) is 0 Å². The molecule has 0 spiro atoms. The van der Waals surface area contributed by atoms with Crippen molar-refractivity contribution >= 4 is 38.9 Å². The molecule has 2 fully saturated rings. The summed E-state index contributed by atoms with van der Waals surface area (Å²) in [5.41, 5.74) is 1.16. The molecule has 1 amide bonds. The normalized spacial score (nSPS) is 19.8. The average molecular weight is 543 g/mol. The maximum absolute atomic E-state index is 13.7. The van der Waals surface area contributed by atoms with Crippen molar-refractivity contribution in [3.8, 4) is 10.4 Å². The second-order valence-corrected chi connectivity index (χ2v) is 12.5. The van der Waals surface area contributed by atoms with Gasteiger partial charge in [-0.3, -0.25) is 4.79 Å². The predicted octanol–water partition coefficient (Wildman–Crippen LogP) is 5.24. The van der Waals surface area contributed by atoms with E-state index in [0.29, 0.717) is 5.69 Å². The Labute approximate surface area is 219 Å². The summed E-state index contributed by atoms with van der Waals surface area (Å²) in [7, 11) is -4.05. The first-order valence-electron chi connectivity index (χ1n) is 12.3. The number of carbonyl (C=O) groups is 2. The number of carboxylic acids is 1. The van der Waals surface area contributed by atoms with E-state index < -0.39 is 40.3 Å². The van der Waals surface area contributed by atoms with Gasteiger partial charge in [0.25, 0.3) is 0 Å². The van der Waals surface area contributed by atoms with E-state index in [-0.39, 0.29) is 22.2 Å². The van der Waals surface area contributed by atoms with Crippen molar-refractivity contribution in [2.75, 3.05) is 18.0 Å². The molecule has 7 nitrogen and oxygen atoms in total. The van der Waals surface area contributed by atoms with Crippen LogP contribution in [0.3, 0.4) is 0 Å². The predicted molar refractivity (Wildman–Crippen MR) is 140 cm³/mol.